The number of halogens is 1. The first-order valence-corrected chi connectivity index (χ1v) is 6.74. The fourth-order valence-corrected chi connectivity index (χ4v) is 1.84. The van der Waals surface area contributed by atoms with Crippen LogP contribution in [0.1, 0.15) is 32.4 Å². The van der Waals surface area contributed by atoms with Crippen LogP contribution in [0, 0.1) is 5.92 Å². The highest BCUT2D eigenvalue weighted by molar-refractivity contribution is 6.30. The number of carbonyl (C=O) groups is 2. The van der Waals surface area contributed by atoms with E-state index in [1.54, 1.807) is 26.0 Å². The van der Waals surface area contributed by atoms with E-state index in [0.717, 1.165) is 5.56 Å². The van der Waals surface area contributed by atoms with Gasteiger partial charge in [-0.25, -0.2) is 4.79 Å². The fourth-order valence-electron chi connectivity index (χ4n) is 1.64. The molecule has 0 saturated heterocycles. The SMILES string of the molecule is CC(NC(=O)NC(C)C(C)C(=O)O)c1cccc(Cl)c1. The number of carboxylic acids is 1. The molecule has 0 saturated carbocycles. The summed E-state index contributed by atoms with van der Waals surface area (Å²) < 4.78 is 0. The van der Waals surface area contributed by atoms with Gasteiger partial charge < -0.3 is 15.7 Å². The van der Waals surface area contributed by atoms with Crippen molar-refractivity contribution in [2.24, 2.45) is 5.92 Å². The van der Waals surface area contributed by atoms with Gasteiger partial charge in [-0.05, 0) is 38.5 Å². The number of hydrogen-bond acceptors (Lipinski definition) is 2. The molecule has 1 aromatic carbocycles. The summed E-state index contributed by atoms with van der Waals surface area (Å²) in [5.41, 5.74) is 0.881. The van der Waals surface area contributed by atoms with Crippen molar-refractivity contribution in [3.05, 3.63) is 34.9 Å². The second-order valence-corrected chi connectivity index (χ2v) is 5.25. The van der Waals surface area contributed by atoms with Crippen LogP contribution in [0.15, 0.2) is 24.3 Å². The largest absolute Gasteiger partial charge is 0.481 e. The lowest BCUT2D eigenvalue weighted by atomic mass is 10.0. The lowest BCUT2D eigenvalue weighted by Gasteiger charge is -2.20. The van der Waals surface area contributed by atoms with Crippen molar-refractivity contribution in [1.29, 1.82) is 0 Å². The zero-order valence-corrected chi connectivity index (χ0v) is 12.4. The van der Waals surface area contributed by atoms with Gasteiger partial charge in [-0.1, -0.05) is 23.7 Å². The minimum atomic E-state index is -0.944. The average Bonchev–Trinajstić information content (AvgIpc) is 2.37. The molecule has 0 bridgehead atoms. The first-order valence-electron chi connectivity index (χ1n) is 6.36. The summed E-state index contributed by atoms with van der Waals surface area (Å²) >= 11 is 5.89. The Labute approximate surface area is 123 Å². The lowest BCUT2D eigenvalue weighted by Crippen LogP contribution is -2.45. The summed E-state index contributed by atoms with van der Waals surface area (Å²) in [6.45, 7) is 5.03. The molecule has 6 heteroatoms. The normalized spacial score (nSPS) is 15.0. The van der Waals surface area contributed by atoms with Crippen molar-refractivity contribution in [2.75, 3.05) is 0 Å². The predicted octanol–water partition coefficient (Wildman–Crippen LogP) is 2.81. The van der Waals surface area contributed by atoms with Crippen molar-refractivity contribution < 1.29 is 14.7 Å². The number of amides is 2. The standard InChI is InChI=1S/C14H19ClN2O3/c1-8(13(18)19)9(2)16-14(20)17-10(3)11-5-4-6-12(15)7-11/h4-10H,1-3H3,(H,18,19)(H2,16,17,20). The van der Waals surface area contributed by atoms with E-state index in [-0.39, 0.29) is 6.04 Å². The van der Waals surface area contributed by atoms with Gasteiger partial charge in [-0.3, -0.25) is 4.79 Å². The Hall–Kier alpha value is -1.75. The molecule has 0 radical (unpaired) electrons. The first-order chi connectivity index (χ1) is 9.31. The molecule has 1 aromatic rings. The number of urea groups is 1. The van der Waals surface area contributed by atoms with E-state index in [1.807, 2.05) is 19.1 Å². The van der Waals surface area contributed by atoms with Crippen molar-refractivity contribution >= 4 is 23.6 Å². The zero-order valence-electron chi connectivity index (χ0n) is 11.7. The van der Waals surface area contributed by atoms with Gasteiger partial charge in [0.1, 0.15) is 0 Å². The van der Waals surface area contributed by atoms with Gasteiger partial charge >= 0.3 is 12.0 Å². The van der Waals surface area contributed by atoms with Crippen molar-refractivity contribution in [3.8, 4) is 0 Å². The van der Waals surface area contributed by atoms with Crippen molar-refractivity contribution in [2.45, 2.75) is 32.9 Å². The Balaban J connectivity index is 2.56. The Kier molecular flexibility index (Phi) is 5.82. The molecule has 0 aliphatic rings. The predicted molar refractivity (Wildman–Crippen MR) is 77.8 cm³/mol. The van der Waals surface area contributed by atoms with Crippen LogP contribution in [0.5, 0.6) is 0 Å². The van der Waals surface area contributed by atoms with E-state index in [0.29, 0.717) is 5.02 Å². The summed E-state index contributed by atoms with van der Waals surface area (Å²) in [6, 6.07) is 6.12. The average molecular weight is 299 g/mol. The molecule has 0 aliphatic carbocycles. The highest BCUT2D eigenvalue weighted by Crippen LogP contribution is 2.17. The molecule has 3 atom stereocenters. The third kappa shape index (κ3) is 4.74. The van der Waals surface area contributed by atoms with Crippen LogP contribution in [0.4, 0.5) is 4.79 Å². The molecule has 3 unspecified atom stereocenters. The maximum Gasteiger partial charge on any atom is 0.315 e. The molecular weight excluding hydrogens is 280 g/mol. The zero-order chi connectivity index (χ0) is 15.3. The van der Waals surface area contributed by atoms with Crippen LogP contribution in [0.3, 0.4) is 0 Å². The highest BCUT2D eigenvalue weighted by atomic mass is 35.5. The minimum Gasteiger partial charge on any atom is -0.481 e. The van der Waals surface area contributed by atoms with E-state index in [4.69, 9.17) is 16.7 Å². The summed E-state index contributed by atoms with van der Waals surface area (Å²) in [6.07, 6.45) is 0. The molecule has 5 nitrogen and oxygen atoms in total. The van der Waals surface area contributed by atoms with Crippen LogP contribution >= 0.6 is 11.6 Å². The monoisotopic (exact) mass is 298 g/mol. The van der Waals surface area contributed by atoms with Gasteiger partial charge in [-0.15, -0.1) is 0 Å². The summed E-state index contributed by atoms with van der Waals surface area (Å²) in [5.74, 6) is -1.59. The van der Waals surface area contributed by atoms with E-state index in [1.165, 1.54) is 0 Å². The van der Waals surface area contributed by atoms with Gasteiger partial charge in [0.25, 0.3) is 0 Å². The second-order valence-electron chi connectivity index (χ2n) is 4.81. The summed E-state index contributed by atoms with van der Waals surface area (Å²) in [4.78, 5) is 22.6. The van der Waals surface area contributed by atoms with Crippen LogP contribution in [0.2, 0.25) is 5.02 Å². The Bertz CT molecular complexity index is 493. The molecule has 0 aromatic heterocycles. The van der Waals surface area contributed by atoms with Crippen LogP contribution in [0.25, 0.3) is 0 Å². The van der Waals surface area contributed by atoms with Crippen LogP contribution < -0.4 is 10.6 Å². The van der Waals surface area contributed by atoms with E-state index in [2.05, 4.69) is 10.6 Å². The number of nitrogens with one attached hydrogen (secondary N) is 2. The summed E-state index contributed by atoms with van der Waals surface area (Å²) in [7, 11) is 0. The fraction of sp³-hybridized carbons (Fsp3) is 0.429. The third-order valence-electron chi connectivity index (χ3n) is 3.19. The Morgan fingerprint density at radius 2 is 1.85 bits per heavy atom. The van der Waals surface area contributed by atoms with Crippen molar-refractivity contribution in [3.63, 3.8) is 0 Å². The van der Waals surface area contributed by atoms with Crippen LogP contribution in [-0.2, 0) is 4.79 Å². The Morgan fingerprint density at radius 1 is 1.20 bits per heavy atom. The molecular formula is C14H19ClN2O3. The summed E-state index contributed by atoms with van der Waals surface area (Å²) in [5, 5.41) is 14.8. The third-order valence-corrected chi connectivity index (χ3v) is 3.43. The molecule has 20 heavy (non-hydrogen) atoms. The molecule has 110 valence electrons. The molecule has 0 aliphatic heterocycles. The highest BCUT2D eigenvalue weighted by Gasteiger charge is 2.21. The molecule has 2 amide bonds. The van der Waals surface area contributed by atoms with Gasteiger partial charge in [0.15, 0.2) is 0 Å². The first kappa shape index (κ1) is 16.3. The number of benzene rings is 1. The molecule has 0 fully saturated rings. The van der Waals surface area contributed by atoms with Crippen molar-refractivity contribution in [1.82, 2.24) is 10.6 Å². The smallest absolute Gasteiger partial charge is 0.315 e. The maximum atomic E-state index is 11.8. The molecule has 3 N–H and O–H groups in total. The number of carboxylic acid groups (broad SMARTS) is 1. The van der Waals surface area contributed by atoms with Crippen LogP contribution in [-0.4, -0.2) is 23.1 Å². The van der Waals surface area contributed by atoms with E-state index < -0.39 is 24.0 Å². The quantitative estimate of drug-likeness (QED) is 0.782. The number of carbonyl (C=O) groups excluding carboxylic acids is 1. The maximum absolute atomic E-state index is 11.8. The molecule has 0 heterocycles. The molecule has 1 rings (SSSR count). The van der Waals surface area contributed by atoms with E-state index in [9.17, 15) is 9.59 Å². The number of rotatable bonds is 5. The molecule has 0 spiro atoms. The number of hydrogen-bond donors (Lipinski definition) is 3. The number of aliphatic carboxylic acids is 1. The van der Waals surface area contributed by atoms with Gasteiger partial charge in [0.05, 0.1) is 12.0 Å². The lowest BCUT2D eigenvalue weighted by molar-refractivity contribution is -0.141. The van der Waals surface area contributed by atoms with E-state index >= 15 is 0 Å². The van der Waals surface area contributed by atoms with Gasteiger partial charge in [0, 0.05) is 11.1 Å². The topological polar surface area (TPSA) is 78.4 Å². The Morgan fingerprint density at radius 3 is 2.40 bits per heavy atom. The van der Waals surface area contributed by atoms with Gasteiger partial charge in [-0.2, -0.15) is 0 Å². The second kappa shape index (κ2) is 7.14. The minimum absolute atomic E-state index is 0.221. The van der Waals surface area contributed by atoms with Gasteiger partial charge in [0.2, 0.25) is 0 Å².